The number of pyridine rings is 1. The van der Waals surface area contributed by atoms with Crippen LogP contribution in [0, 0.1) is 6.92 Å². The molecule has 0 fully saturated rings. The average Bonchev–Trinajstić information content (AvgIpc) is 2.39. The molecule has 0 amide bonds. The van der Waals surface area contributed by atoms with Gasteiger partial charge in [0.1, 0.15) is 5.82 Å². The molecule has 1 heterocycles. The summed E-state index contributed by atoms with van der Waals surface area (Å²) in [7, 11) is 0. The van der Waals surface area contributed by atoms with Crippen molar-refractivity contribution in [1.29, 1.82) is 0 Å². The maximum absolute atomic E-state index is 5.74. The van der Waals surface area contributed by atoms with Gasteiger partial charge in [0.05, 0.1) is 0 Å². The third-order valence-electron chi connectivity index (χ3n) is 3.25. The van der Waals surface area contributed by atoms with Gasteiger partial charge in [-0.1, -0.05) is 12.1 Å². The minimum Gasteiger partial charge on any atom is -0.399 e. The van der Waals surface area contributed by atoms with Crippen molar-refractivity contribution >= 4 is 27.4 Å². The van der Waals surface area contributed by atoms with Crippen molar-refractivity contribution in [3.63, 3.8) is 0 Å². The molecule has 2 aromatic rings. The van der Waals surface area contributed by atoms with E-state index in [0.717, 1.165) is 22.5 Å². The summed E-state index contributed by atoms with van der Waals surface area (Å²) in [6.07, 6.45) is 1.85. The Hall–Kier alpha value is -1.55. The molecule has 0 aliphatic heterocycles. The topological polar surface area (TPSA) is 42.2 Å². The minimum absolute atomic E-state index is 0.375. The quantitative estimate of drug-likeness (QED) is 0.854. The Morgan fingerprint density at radius 2 is 1.90 bits per heavy atom. The Labute approximate surface area is 129 Å². The Morgan fingerprint density at radius 3 is 2.45 bits per heavy atom. The minimum atomic E-state index is 0.375. The molecule has 3 nitrogen and oxygen atoms in total. The molecule has 0 bridgehead atoms. The fraction of sp³-hybridized carbons (Fsp3) is 0.312. The summed E-state index contributed by atoms with van der Waals surface area (Å²) in [4.78, 5) is 6.87. The maximum Gasteiger partial charge on any atom is 0.132 e. The van der Waals surface area contributed by atoms with Crippen LogP contribution in [0.3, 0.4) is 0 Å². The summed E-state index contributed by atoms with van der Waals surface area (Å²) in [6.45, 7) is 7.28. The molecule has 0 unspecified atom stereocenters. The van der Waals surface area contributed by atoms with Crippen molar-refractivity contribution in [3.05, 3.63) is 52.1 Å². The lowest BCUT2D eigenvalue weighted by molar-refractivity contribution is 0.670. The molecule has 0 aliphatic rings. The largest absolute Gasteiger partial charge is 0.399 e. The van der Waals surface area contributed by atoms with Crippen LogP contribution in [0.15, 0.2) is 41.0 Å². The predicted molar refractivity (Wildman–Crippen MR) is 88.8 cm³/mol. The molecular formula is C16H20BrN3. The standard InChI is InChI=1S/C16H20BrN3/c1-11(2)20(10-13-4-6-15(18)7-5-13)16-12(3)8-14(17)9-19-16/h4-9,11H,10,18H2,1-3H3. The highest BCUT2D eigenvalue weighted by Crippen LogP contribution is 2.24. The molecule has 0 atom stereocenters. The number of nitrogen functional groups attached to an aromatic ring is 1. The second kappa shape index (κ2) is 6.27. The molecule has 1 aromatic heterocycles. The lowest BCUT2D eigenvalue weighted by Crippen LogP contribution is -2.31. The molecule has 0 aliphatic carbocycles. The van der Waals surface area contributed by atoms with Crippen LogP contribution >= 0.6 is 15.9 Å². The van der Waals surface area contributed by atoms with E-state index in [2.05, 4.69) is 64.8 Å². The highest BCUT2D eigenvalue weighted by molar-refractivity contribution is 9.10. The van der Waals surface area contributed by atoms with Crippen LogP contribution in [-0.2, 0) is 6.54 Å². The Balaban J connectivity index is 2.29. The monoisotopic (exact) mass is 333 g/mol. The van der Waals surface area contributed by atoms with Crippen molar-refractivity contribution < 1.29 is 0 Å². The number of anilines is 2. The van der Waals surface area contributed by atoms with Crippen LogP contribution in [0.1, 0.15) is 25.0 Å². The smallest absolute Gasteiger partial charge is 0.132 e. The molecule has 2 rings (SSSR count). The lowest BCUT2D eigenvalue weighted by Gasteiger charge is -2.29. The number of aryl methyl sites for hydroxylation is 1. The summed E-state index contributed by atoms with van der Waals surface area (Å²) < 4.78 is 1.01. The Kier molecular flexibility index (Phi) is 4.65. The van der Waals surface area contributed by atoms with Crippen molar-refractivity contribution in [1.82, 2.24) is 4.98 Å². The van der Waals surface area contributed by atoms with E-state index in [9.17, 15) is 0 Å². The molecule has 2 N–H and O–H groups in total. The van der Waals surface area contributed by atoms with Crippen LogP contribution in [0.2, 0.25) is 0 Å². The van der Waals surface area contributed by atoms with Crippen molar-refractivity contribution in [3.8, 4) is 0 Å². The number of halogens is 1. The fourth-order valence-electron chi connectivity index (χ4n) is 2.16. The van der Waals surface area contributed by atoms with Crippen LogP contribution in [0.4, 0.5) is 11.5 Å². The van der Waals surface area contributed by atoms with E-state index in [4.69, 9.17) is 5.73 Å². The molecule has 0 spiro atoms. The van der Waals surface area contributed by atoms with E-state index in [-0.39, 0.29) is 0 Å². The van der Waals surface area contributed by atoms with Gasteiger partial charge in [0.2, 0.25) is 0 Å². The van der Waals surface area contributed by atoms with Crippen LogP contribution in [0.5, 0.6) is 0 Å². The summed E-state index contributed by atoms with van der Waals surface area (Å²) in [5.74, 6) is 1.03. The van der Waals surface area contributed by atoms with E-state index in [1.54, 1.807) is 0 Å². The first-order valence-corrected chi connectivity index (χ1v) is 7.50. The van der Waals surface area contributed by atoms with Gasteiger partial charge in [0, 0.05) is 28.9 Å². The second-order valence-electron chi connectivity index (χ2n) is 5.26. The second-order valence-corrected chi connectivity index (χ2v) is 6.17. The summed E-state index contributed by atoms with van der Waals surface area (Å²) >= 11 is 3.46. The zero-order chi connectivity index (χ0) is 14.7. The number of nitrogens with zero attached hydrogens (tertiary/aromatic N) is 2. The number of hydrogen-bond donors (Lipinski definition) is 1. The van der Waals surface area contributed by atoms with Gasteiger partial charge in [-0.05, 0) is 66.0 Å². The normalized spacial score (nSPS) is 10.8. The first-order chi connectivity index (χ1) is 9.47. The number of nitrogens with two attached hydrogens (primary N) is 1. The summed E-state index contributed by atoms with van der Waals surface area (Å²) in [5.41, 5.74) is 8.94. The first-order valence-electron chi connectivity index (χ1n) is 6.70. The SMILES string of the molecule is Cc1cc(Br)cnc1N(Cc1ccc(N)cc1)C(C)C. The highest BCUT2D eigenvalue weighted by atomic mass is 79.9. The average molecular weight is 334 g/mol. The number of benzene rings is 1. The van der Waals surface area contributed by atoms with Gasteiger partial charge in [-0.2, -0.15) is 0 Å². The maximum atomic E-state index is 5.74. The van der Waals surface area contributed by atoms with E-state index >= 15 is 0 Å². The molecular weight excluding hydrogens is 314 g/mol. The summed E-state index contributed by atoms with van der Waals surface area (Å²) in [5, 5.41) is 0. The zero-order valence-electron chi connectivity index (χ0n) is 12.1. The predicted octanol–water partition coefficient (Wildman–Crippen LogP) is 4.15. The van der Waals surface area contributed by atoms with Crippen LogP contribution in [0.25, 0.3) is 0 Å². The van der Waals surface area contributed by atoms with Crippen LogP contribution < -0.4 is 10.6 Å². The third kappa shape index (κ3) is 3.51. The summed E-state index contributed by atoms with van der Waals surface area (Å²) in [6, 6.07) is 10.5. The Morgan fingerprint density at radius 1 is 1.25 bits per heavy atom. The van der Waals surface area contributed by atoms with Gasteiger partial charge in [-0.15, -0.1) is 0 Å². The number of aromatic nitrogens is 1. The molecule has 0 saturated carbocycles. The molecule has 20 heavy (non-hydrogen) atoms. The zero-order valence-corrected chi connectivity index (χ0v) is 13.7. The van der Waals surface area contributed by atoms with Crippen molar-refractivity contribution in [2.24, 2.45) is 0 Å². The van der Waals surface area contributed by atoms with Crippen molar-refractivity contribution in [2.75, 3.05) is 10.6 Å². The van der Waals surface area contributed by atoms with Gasteiger partial charge in [0.15, 0.2) is 0 Å². The van der Waals surface area contributed by atoms with E-state index in [0.29, 0.717) is 6.04 Å². The van der Waals surface area contributed by atoms with Gasteiger partial charge >= 0.3 is 0 Å². The molecule has 0 saturated heterocycles. The van der Waals surface area contributed by atoms with Crippen molar-refractivity contribution in [2.45, 2.75) is 33.4 Å². The van der Waals surface area contributed by atoms with Gasteiger partial charge in [-0.25, -0.2) is 4.98 Å². The first kappa shape index (κ1) is 14.9. The van der Waals surface area contributed by atoms with Crippen LogP contribution in [-0.4, -0.2) is 11.0 Å². The molecule has 4 heteroatoms. The van der Waals surface area contributed by atoms with Gasteiger partial charge in [0.25, 0.3) is 0 Å². The van der Waals surface area contributed by atoms with Gasteiger partial charge in [-0.3, -0.25) is 0 Å². The molecule has 0 radical (unpaired) electrons. The highest BCUT2D eigenvalue weighted by Gasteiger charge is 2.15. The fourth-order valence-corrected chi connectivity index (χ4v) is 2.60. The number of hydrogen-bond acceptors (Lipinski definition) is 3. The third-order valence-corrected chi connectivity index (χ3v) is 3.68. The number of rotatable bonds is 4. The van der Waals surface area contributed by atoms with Gasteiger partial charge < -0.3 is 10.6 Å². The molecule has 106 valence electrons. The van der Waals surface area contributed by atoms with E-state index < -0.39 is 0 Å². The lowest BCUT2D eigenvalue weighted by atomic mass is 10.1. The van der Waals surface area contributed by atoms with E-state index in [1.807, 2.05) is 18.3 Å². The molecule has 1 aromatic carbocycles. The van der Waals surface area contributed by atoms with E-state index in [1.165, 1.54) is 11.1 Å². The Bertz CT molecular complexity index is 579.